The first-order valence-electron chi connectivity index (χ1n) is 6.10. The molecular weight excluding hydrogens is 242 g/mol. The number of hydrogen-bond acceptors (Lipinski definition) is 4. The normalized spacial score (nSPS) is 30.3. The monoisotopic (exact) mass is 261 g/mol. The summed E-state index contributed by atoms with van der Waals surface area (Å²) in [5, 5.41) is 12.2. The first-order valence-corrected chi connectivity index (χ1v) is 7.92. The van der Waals surface area contributed by atoms with Crippen molar-refractivity contribution in [3.63, 3.8) is 0 Å². The highest BCUT2D eigenvalue weighted by molar-refractivity contribution is 7.91. The molecule has 98 valence electrons. The van der Waals surface area contributed by atoms with Crippen LogP contribution in [0.25, 0.3) is 0 Å². The number of amides is 1. The van der Waals surface area contributed by atoms with Gasteiger partial charge in [0, 0.05) is 0 Å². The molecule has 1 atom stereocenters. The van der Waals surface area contributed by atoms with Gasteiger partial charge in [-0.25, -0.2) is 8.42 Å². The van der Waals surface area contributed by atoms with Crippen molar-refractivity contribution >= 4 is 15.7 Å². The second-order valence-electron chi connectivity index (χ2n) is 5.23. The molecule has 0 spiro atoms. The Bertz CT molecular complexity index is 398. The van der Waals surface area contributed by atoms with Gasteiger partial charge in [-0.1, -0.05) is 12.8 Å². The summed E-state index contributed by atoms with van der Waals surface area (Å²) in [5.74, 6) is -0.566. The van der Waals surface area contributed by atoms with E-state index in [0.29, 0.717) is 6.42 Å². The van der Waals surface area contributed by atoms with E-state index in [1.807, 2.05) is 0 Å². The lowest BCUT2D eigenvalue weighted by molar-refractivity contribution is -0.126. The zero-order valence-corrected chi connectivity index (χ0v) is 10.6. The van der Waals surface area contributed by atoms with E-state index in [1.54, 1.807) is 0 Å². The molecule has 5 nitrogen and oxygen atoms in total. The fourth-order valence-corrected chi connectivity index (χ4v) is 4.48. The van der Waals surface area contributed by atoms with Gasteiger partial charge in [0.1, 0.15) is 0 Å². The van der Waals surface area contributed by atoms with Gasteiger partial charge in [-0.3, -0.25) is 4.79 Å². The van der Waals surface area contributed by atoms with Crippen LogP contribution in [0.1, 0.15) is 32.1 Å². The first-order chi connectivity index (χ1) is 7.96. The van der Waals surface area contributed by atoms with Crippen LogP contribution in [-0.4, -0.2) is 43.1 Å². The maximum Gasteiger partial charge on any atom is 0.224 e. The van der Waals surface area contributed by atoms with Gasteiger partial charge in [0.25, 0.3) is 0 Å². The van der Waals surface area contributed by atoms with Crippen molar-refractivity contribution in [2.75, 3.05) is 18.1 Å². The Labute approximate surface area is 102 Å². The van der Waals surface area contributed by atoms with Crippen molar-refractivity contribution < 1.29 is 18.3 Å². The van der Waals surface area contributed by atoms with Crippen molar-refractivity contribution in [3.8, 4) is 0 Å². The molecule has 1 aliphatic carbocycles. The number of aliphatic hydroxyl groups excluding tert-OH is 1. The largest absolute Gasteiger partial charge is 0.394 e. The SMILES string of the molecule is O=C(NC1(CO)CCCC1)C1CCS(=O)(=O)C1. The third-order valence-corrected chi connectivity index (χ3v) is 5.62. The highest BCUT2D eigenvalue weighted by atomic mass is 32.2. The maximum absolute atomic E-state index is 12.0. The standard InChI is InChI=1S/C11H19NO4S/c13-8-11(4-1-2-5-11)12-10(14)9-3-6-17(15,16)7-9/h9,13H,1-8H2,(H,12,14). The minimum Gasteiger partial charge on any atom is -0.394 e. The summed E-state index contributed by atoms with van der Waals surface area (Å²) in [4.78, 5) is 12.0. The van der Waals surface area contributed by atoms with Crippen LogP contribution in [0.2, 0.25) is 0 Å². The molecule has 2 fully saturated rings. The lowest BCUT2D eigenvalue weighted by Gasteiger charge is -2.29. The summed E-state index contributed by atoms with van der Waals surface area (Å²) in [5.41, 5.74) is -0.497. The van der Waals surface area contributed by atoms with Crippen LogP contribution in [0.4, 0.5) is 0 Å². The quantitative estimate of drug-likeness (QED) is 0.739. The van der Waals surface area contributed by atoms with E-state index in [-0.39, 0.29) is 24.0 Å². The Morgan fingerprint density at radius 2 is 2.00 bits per heavy atom. The number of hydrogen-bond donors (Lipinski definition) is 2. The van der Waals surface area contributed by atoms with Crippen molar-refractivity contribution in [2.24, 2.45) is 5.92 Å². The molecular formula is C11H19NO4S. The molecule has 1 amide bonds. The number of carbonyl (C=O) groups is 1. The van der Waals surface area contributed by atoms with E-state index in [0.717, 1.165) is 25.7 Å². The lowest BCUT2D eigenvalue weighted by atomic mass is 9.97. The second-order valence-corrected chi connectivity index (χ2v) is 7.46. The summed E-state index contributed by atoms with van der Waals surface area (Å²) in [6, 6.07) is 0. The van der Waals surface area contributed by atoms with Gasteiger partial charge in [-0.2, -0.15) is 0 Å². The van der Waals surface area contributed by atoms with Crippen LogP contribution >= 0.6 is 0 Å². The van der Waals surface area contributed by atoms with E-state index in [4.69, 9.17) is 0 Å². The predicted octanol–water partition coefficient (Wildman–Crippen LogP) is -0.158. The van der Waals surface area contributed by atoms with E-state index >= 15 is 0 Å². The van der Waals surface area contributed by atoms with Gasteiger partial charge in [-0.05, 0) is 19.3 Å². The molecule has 17 heavy (non-hydrogen) atoms. The molecule has 1 saturated carbocycles. The summed E-state index contributed by atoms with van der Waals surface area (Å²) in [6.07, 6.45) is 3.99. The Hall–Kier alpha value is -0.620. The van der Waals surface area contributed by atoms with Crippen molar-refractivity contribution in [1.82, 2.24) is 5.32 Å². The van der Waals surface area contributed by atoms with Crippen molar-refractivity contribution in [3.05, 3.63) is 0 Å². The predicted molar refractivity (Wildman–Crippen MR) is 63.2 cm³/mol. The van der Waals surface area contributed by atoms with Crippen molar-refractivity contribution in [1.29, 1.82) is 0 Å². The van der Waals surface area contributed by atoms with Gasteiger partial charge in [-0.15, -0.1) is 0 Å². The van der Waals surface area contributed by atoms with Gasteiger partial charge < -0.3 is 10.4 Å². The van der Waals surface area contributed by atoms with E-state index in [2.05, 4.69) is 5.32 Å². The number of aliphatic hydroxyl groups is 1. The van der Waals surface area contributed by atoms with Crippen LogP contribution in [0.15, 0.2) is 0 Å². The molecule has 1 saturated heterocycles. The molecule has 6 heteroatoms. The summed E-state index contributed by atoms with van der Waals surface area (Å²) >= 11 is 0. The van der Waals surface area contributed by atoms with E-state index in [1.165, 1.54) is 0 Å². The average molecular weight is 261 g/mol. The molecule has 0 bridgehead atoms. The minimum absolute atomic E-state index is 0.0413. The van der Waals surface area contributed by atoms with Gasteiger partial charge in [0.15, 0.2) is 9.84 Å². The highest BCUT2D eigenvalue weighted by Crippen LogP contribution is 2.30. The van der Waals surface area contributed by atoms with Crippen LogP contribution in [-0.2, 0) is 14.6 Å². The third kappa shape index (κ3) is 2.80. The second kappa shape index (κ2) is 4.57. The molecule has 2 N–H and O–H groups in total. The molecule has 0 aromatic carbocycles. The first kappa shape index (κ1) is 12.8. The molecule has 1 unspecified atom stereocenters. The fourth-order valence-electron chi connectivity index (χ4n) is 2.74. The summed E-state index contributed by atoms with van der Waals surface area (Å²) < 4.78 is 22.6. The van der Waals surface area contributed by atoms with E-state index in [9.17, 15) is 18.3 Å². The number of sulfone groups is 1. The zero-order valence-electron chi connectivity index (χ0n) is 9.81. The van der Waals surface area contributed by atoms with Crippen LogP contribution in [0.5, 0.6) is 0 Å². The minimum atomic E-state index is -3.02. The average Bonchev–Trinajstić information content (AvgIpc) is 2.86. The third-order valence-electron chi connectivity index (χ3n) is 3.85. The Morgan fingerprint density at radius 3 is 2.47 bits per heavy atom. The number of nitrogens with one attached hydrogen (secondary N) is 1. The zero-order chi connectivity index (χ0) is 12.5. The summed E-state index contributed by atoms with van der Waals surface area (Å²) in [6.45, 7) is -0.0573. The van der Waals surface area contributed by atoms with Gasteiger partial charge in [0.2, 0.25) is 5.91 Å². The van der Waals surface area contributed by atoms with Gasteiger partial charge >= 0.3 is 0 Å². The smallest absolute Gasteiger partial charge is 0.224 e. The Kier molecular flexibility index (Phi) is 3.45. The molecule has 0 radical (unpaired) electrons. The van der Waals surface area contributed by atoms with Crippen LogP contribution < -0.4 is 5.32 Å². The number of rotatable bonds is 3. The lowest BCUT2D eigenvalue weighted by Crippen LogP contribution is -2.51. The highest BCUT2D eigenvalue weighted by Gasteiger charge is 2.39. The topological polar surface area (TPSA) is 83.5 Å². The Morgan fingerprint density at radius 1 is 1.35 bits per heavy atom. The maximum atomic E-state index is 12.0. The van der Waals surface area contributed by atoms with Crippen molar-refractivity contribution in [2.45, 2.75) is 37.6 Å². The fraction of sp³-hybridized carbons (Fsp3) is 0.909. The molecule has 2 rings (SSSR count). The Balaban J connectivity index is 1.97. The molecule has 1 heterocycles. The molecule has 0 aromatic rings. The van der Waals surface area contributed by atoms with Crippen LogP contribution in [0.3, 0.4) is 0 Å². The molecule has 1 aliphatic heterocycles. The van der Waals surface area contributed by atoms with E-state index < -0.39 is 21.3 Å². The van der Waals surface area contributed by atoms with Gasteiger partial charge in [0.05, 0.1) is 29.6 Å². The molecule has 0 aromatic heterocycles. The molecule has 2 aliphatic rings. The van der Waals surface area contributed by atoms with Crippen LogP contribution in [0, 0.1) is 5.92 Å². The summed E-state index contributed by atoms with van der Waals surface area (Å²) in [7, 11) is -3.02. The number of carbonyl (C=O) groups excluding carboxylic acids is 1.